The predicted octanol–water partition coefficient (Wildman–Crippen LogP) is 4.17. The molecule has 1 amide bonds. The number of hydrogen-bond donors (Lipinski definition) is 0. The Kier molecular flexibility index (Phi) is 4.60. The lowest BCUT2D eigenvalue weighted by Crippen LogP contribution is -2.30. The predicted molar refractivity (Wildman–Crippen MR) is 97.2 cm³/mol. The minimum Gasteiger partial charge on any atom is -0.472 e. The van der Waals surface area contributed by atoms with Crippen LogP contribution in [0.15, 0.2) is 71.5 Å². The van der Waals surface area contributed by atoms with Gasteiger partial charge in [0.25, 0.3) is 0 Å². The second-order valence-electron chi connectivity index (χ2n) is 6.13. The number of hydrogen-bond acceptors (Lipinski definition) is 4. The highest BCUT2D eigenvalue weighted by molar-refractivity contribution is 5.93. The van der Waals surface area contributed by atoms with E-state index in [9.17, 15) is 4.79 Å². The normalized spacial score (nSPS) is 12.2. The molecule has 0 unspecified atom stereocenters. The molecule has 0 atom stereocenters. The Morgan fingerprint density at radius 3 is 2.62 bits per heavy atom. The van der Waals surface area contributed by atoms with Crippen molar-refractivity contribution < 1.29 is 18.7 Å². The van der Waals surface area contributed by atoms with Crippen LogP contribution < -0.4 is 14.4 Å². The lowest BCUT2D eigenvalue weighted by atomic mass is 10.1. The fourth-order valence-corrected chi connectivity index (χ4v) is 2.98. The van der Waals surface area contributed by atoms with Crippen molar-refractivity contribution in [3.8, 4) is 11.5 Å². The van der Waals surface area contributed by atoms with E-state index in [4.69, 9.17) is 13.9 Å². The number of para-hydroxylation sites is 1. The van der Waals surface area contributed by atoms with E-state index in [0.29, 0.717) is 19.4 Å². The number of furan rings is 1. The molecule has 3 aromatic rings. The van der Waals surface area contributed by atoms with E-state index < -0.39 is 0 Å². The number of fused-ring (bicyclic) bond motifs is 1. The van der Waals surface area contributed by atoms with Crippen molar-refractivity contribution in [3.63, 3.8) is 0 Å². The molecule has 2 heterocycles. The Morgan fingerprint density at radius 1 is 0.962 bits per heavy atom. The van der Waals surface area contributed by atoms with E-state index in [1.807, 2.05) is 54.6 Å². The van der Waals surface area contributed by atoms with Gasteiger partial charge in [0.2, 0.25) is 12.7 Å². The zero-order valence-electron chi connectivity index (χ0n) is 14.3. The Balaban J connectivity index is 1.47. The van der Waals surface area contributed by atoms with E-state index in [1.54, 1.807) is 17.4 Å². The van der Waals surface area contributed by atoms with E-state index in [2.05, 4.69) is 0 Å². The van der Waals surface area contributed by atoms with Crippen LogP contribution in [0.25, 0.3) is 0 Å². The zero-order valence-corrected chi connectivity index (χ0v) is 14.3. The summed E-state index contributed by atoms with van der Waals surface area (Å²) < 4.78 is 15.9. The molecular formula is C21H19NO4. The Hall–Kier alpha value is -3.21. The molecule has 2 aromatic carbocycles. The molecule has 0 N–H and O–H groups in total. The third kappa shape index (κ3) is 3.57. The molecular weight excluding hydrogens is 330 g/mol. The molecule has 0 fully saturated rings. The molecule has 0 aliphatic carbocycles. The van der Waals surface area contributed by atoms with Crippen LogP contribution in [-0.2, 0) is 17.8 Å². The maximum absolute atomic E-state index is 12.9. The maximum atomic E-state index is 12.9. The molecule has 1 aliphatic heterocycles. The SMILES string of the molecule is O=C(CCc1ccc2c(c1)OCO2)N(Cc1ccoc1)c1ccccc1. The number of aryl methyl sites for hydroxylation is 1. The van der Waals surface area contributed by atoms with Gasteiger partial charge in [0.1, 0.15) is 0 Å². The minimum absolute atomic E-state index is 0.0649. The summed E-state index contributed by atoms with van der Waals surface area (Å²) in [5, 5.41) is 0. The van der Waals surface area contributed by atoms with Gasteiger partial charge in [-0.15, -0.1) is 0 Å². The van der Waals surface area contributed by atoms with Crippen LogP contribution in [0.1, 0.15) is 17.5 Å². The highest BCUT2D eigenvalue weighted by atomic mass is 16.7. The summed E-state index contributed by atoms with van der Waals surface area (Å²) in [5.74, 6) is 1.56. The third-order valence-corrected chi connectivity index (χ3v) is 4.35. The van der Waals surface area contributed by atoms with Gasteiger partial charge < -0.3 is 18.8 Å². The molecule has 132 valence electrons. The number of rotatable bonds is 6. The van der Waals surface area contributed by atoms with Crippen LogP contribution in [-0.4, -0.2) is 12.7 Å². The summed E-state index contributed by atoms with van der Waals surface area (Å²) in [5.41, 5.74) is 2.90. The maximum Gasteiger partial charge on any atom is 0.231 e. The number of amides is 1. The smallest absolute Gasteiger partial charge is 0.231 e. The van der Waals surface area contributed by atoms with Crippen LogP contribution >= 0.6 is 0 Å². The number of carbonyl (C=O) groups excluding carboxylic acids is 1. The van der Waals surface area contributed by atoms with Gasteiger partial charge in [-0.2, -0.15) is 0 Å². The first kappa shape index (κ1) is 16.3. The number of anilines is 1. The standard InChI is InChI=1S/C21H19NO4/c23-21(9-7-16-6-8-19-20(12-16)26-15-25-19)22(13-17-10-11-24-14-17)18-4-2-1-3-5-18/h1-6,8,10-12,14H,7,9,13,15H2. The second-order valence-corrected chi connectivity index (χ2v) is 6.13. The first-order chi connectivity index (χ1) is 12.8. The molecule has 0 bridgehead atoms. The summed E-state index contributed by atoms with van der Waals surface area (Å²) in [6.45, 7) is 0.741. The topological polar surface area (TPSA) is 51.9 Å². The van der Waals surface area contributed by atoms with Gasteiger partial charge in [-0.3, -0.25) is 4.79 Å². The lowest BCUT2D eigenvalue weighted by Gasteiger charge is -2.22. The molecule has 1 aromatic heterocycles. The van der Waals surface area contributed by atoms with Gasteiger partial charge in [-0.1, -0.05) is 24.3 Å². The van der Waals surface area contributed by atoms with Gasteiger partial charge in [-0.05, 0) is 42.3 Å². The Morgan fingerprint density at radius 2 is 1.81 bits per heavy atom. The summed E-state index contributed by atoms with van der Waals surface area (Å²) in [7, 11) is 0. The molecule has 5 heteroatoms. The van der Waals surface area contributed by atoms with Crippen molar-refractivity contribution in [2.75, 3.05) is 11.7 Å². The van der Waals surface area contributed by atoms with Crippen LogP contribution in [0.3, 0.4) is 0 Å². The van der Waals surface area contributed by atoms with Crippen molar-refractivity contribution >= 4 is 11.6 Å². The van der Waals surface area contributed by atoms with Crippen molar-refractivity contribution in [1.29, 1.82) is 0 Å². The molecule has 0 spiro atoms. The van der Waals surface area contributed by atoms with E-state index in [-0.39, 0.29) is 12.7 Å². The number of benzene rings is 2. The fourth-order valence-electron chi connectivity index (χ4n) is 2.98. The first-order valence-electron chi connectivity index (χ1n) is 8.54. The van der Waals surface area contributed by atoms with Gasteiger partial charge in [-0.25, -0.2) is 0 Å². The fraction of sp³-hybridized carbons (Fsp3) is 0.190. The number of ether oxygens (including phenoxy) is 2. The third-order valence-electron chi connectivity index (χ3n) is 4.35. The number of carbonyl (C=O) groups is 1. The monoisotopic (exact) mass is 349 g/mol. The molecule has 0 radical (unpaired) electrons. The molecule has 26 heavy (non-hydrogen) atoms. The first-order valence-corrected chi connectivity index (χ1v) is 8.54. The number of nitrogens with zero attached hydrogens (tertiary/aromatic N) is 1. The largest absolute Gasteiger partial charge is 0.472 e. The van der Waals surface area contributed by atoms with Crippen molar-refractivity contribution in [3.05, 3.63) is 78.3 Å². The van der Waals surface area contributed by atoms with E-state index in [1.165, 1.54) is 0 Å². The zero-order chi connectivity index (χ0) is 17.8. The Labute approximate surface area is 151 Å². The van der Waals surface area contributed by atoms with Crippen molar-refractivity contribution in [1.82, 2.24) is 0 Å². The molecule has 4 rings (SSSR count). The summed E-state index contributed by atoms with van der Waals surface area (Å²) in [6, 6.07) is 17.4. The van der Waals surface area contributed by atoms with E-state index in [0.717, 1.165) is 28.3 Å². The van der Waals surface area contributed by atoms with Crippen LogP contribution in [0, 0.1) is 0 Å². The summed E-state index contributed by atoms with van der Waals surface area (Å²) in [4.78, 5) is 14.7. The quantitative estimate of drug-likeness (QED) is 0.670. The van der Waals surface area contributed by atoms with Crippen LogP contribution in [0.2, 0.25) is 0 Å². The molecule has 0 saturated carbocycles. The van der Waals surface area contributed by atoms with Gasteiger partial charge in [0.15, 0.2) is 11.5 Å². The average Bonchev–Trinajstić information content (AvgIpc) is 3.36. The summed E-state index contributed by atoms with van der Waals surface area (Å²) in [6.07, 6.45) is 4.34. The van der Waals surface area contributed by atoms with Crippen molar-refractivity contribution in [2.24, 2.45) is 0 Å². The molecule has 1 aliphatic rings. The lowest BCUT2D eigenvalue weighted by molar-refractivity contribution is -0.118. The van der Waals surface area contributed by atoms with Crippen LogP contribution in [0.5, 0.6) is 11.5 Å². The van der Waals surface area contributed by atoms with Gasteiger partial charge in [0, 0.05) is 17.7 Å². The average molecular weight is 349 g/mol. The summed E-state index contributed by atoms with van der Waals surface area (Å²) >= 11 is 0. The van der Waals surface area contributed by atoms with Gasteiger partial charge in [0.05, 0.1) is 19.1 Å². The highest BCUT2D eigenvalue weighted by Crippen LogP contribution is 2.33. The highest BCUT2D eigenvalue weighted by Gasteiger charge is 2.18. The minimum atomic E-state index is 0.0649. The molecule has 5 nitrogen and oxygen atoms in total. The van der Waals surface area contributed by atoms with Crippen LogP contribution in [0.4, 0.5) is 5.69 Å². The Bertz CT molecular complexity index is 874. The van der Waals surface area contributed by atoms with Gasteiger partial charge >= 0.3 is 0 Å². The molecule has 0 saturated heterocycles. The van der Waals surface area contributed by atoms with Crippen molar-refractivity contribution in [2.45, 2.75) is 19.4 Å². The second kappa shape index (κ2) is 7.35. The van der Waals surface area contributed by atoms with E-state index >= 15 is 0 Å².